The third kappa shape index (κ3) is 3.13. The van der Waals surface area contributed by atoms with E-state index < -0.39 is 0 Å². The number of anilines is 2. The van der Waals surface area contributed by atoms with Crippen molar-refractivity contribution in [2.24, 2.45) is 0 Å². The van der Waals surface area contributed by atoms with Gasteiger partial charge in [0, 0.05) is 13.6 Å². The molecule has 0 amide bonds. The van der Waals surface area contributed by atoms with Crippen LogP contribution < -0.4 is 10.6 Å². The lowest BCUT2D eigenvalue weighted by Gasteiger charge is -2.23. The summed E-state index contributed by atoms with van der Waals surface area (Å²) in [7, 11) is 2.00. The number of hydrogen-bond acceptors (Lipinski definition) is 3. The first kappa shape index (κ1) is 11.9. The van der Waals surface area contributed by atoms with Gasteiger partial charge < -0.3 is 15.7 Å². The third-order valence-corrected chi connectivity index (χ3v) is 2.53. The van der Waals surface area contributed by atoms with Crippen molar-refractivity contribution in [1.29, 1.82) is 0 Å². The molecule has 0 aromatic heterocycles. The molecule has 15 heavy (non-hydrogen) atoms. The van der Waals surface area contributed by atoms with Crippen LogP contribution in [0.4, 0.5) is 11.4 Å². The lowest BCUT2D eigenvalue weighted by molar-refractivity contribution is 0.187. The van der Waals surface area contributed by atoms with E-state index in [2.05, 4.69) is 4.90 Å². The van der Waals surface area contributed by atoms with Crippen molar-refractivity contribution >= 4 is 11.4 Å². The van der Waals surface area contributed by atoms with E-state index in [0.29, 0.717) is 0 Å². The Labute approximate surface area is 91.5 Å². The number of aryl methyl sites for hydroxylation is 1. The first-order chi connectivity index (χ1) is 7.02. The molecule has 1 unspecified atom stereocenters. The highest BCUT2D eigenvalue weighted by atomic mass is 16.3. The minimum atomic E-state index is -0.266. The molecule has 0 spiro atoms. The zero-order chi connectivity index (χ0) is 11.4. The van der Waals surface area contributed by atoms with Crippen molar-refractivity contribution in [3.8, 4) is 0 Å². The van der Waals surface area contributed by atoms with Gasteiger partial charge in [-0.1, -0.05) is 12.1 Å². The van der Waals surface area contributed by atoms with E-state index in [-0.39, 0.29) is 6.10 Å². The Morgan fingerprint density at radius 1 is 1.47 bits per heavy atom. The molecule has 3 heteroatoms. The van der Waals surface area contributed by atoms with Crippen LogP contribution in [0.3, 0.4) is 0 Å². The van der Waals surface area contributed by atoms with Gasteiger partial charge in [-0.2, -0.15) is 0 Å². The molecular weight excluding hydrogens is 188 g/mol. The van der Waals surface area contributed by atoms with Gasteiger partial charge in [0.05, 0.1) is 17.5 Å². The topological polar surface area (TPSA) is 49.5 Å². The second-order valence-electron chi connectivity index (χ2n) is 4.07. The molecule has 3 nitrogen and oxygen atoms in total. The third-order valence-electron chi connectivity index (χ3n) is 2.53. The van der Waals surface area contributed by atoms with Gasteiger partial charge in [0.1, 0.15) is 0 Å². The van der Waals surface area contributed by atoms with Crippen molar-refractivity contribution in [2.75, 3.05) is 24.2 Å². The maximum absolute atomic E-state index is 9.23. The van der Waals surface area contributed by atoms with Crippen LogP contribution in [-0.2, 0) is 0 Å². The Balaban J connectivity index is 2.77. The average molecular weight is 208 g/mol. The van der Waals surface area contributed by atoms with E-state index in [1.165, 1.54) is 5.56 Å². The number of nitrogens with two attached hydrogens (primary N) is 1. The lowest BCUT2D eigenvalue weighted by atomic mass is 10.1. The van der Waals surface area contributed by atoms with Crippen LogP contribution in [0.5, 0.6) is 0 Å². The molecular formula is C12H20N2O. The zero-order valence-corrected chi connectivity index (χ0v) is 9.70. The van der Waals surface area contributed by atoms with Crippen LogP contribution in [0.2, 0.25) is 0 Å². The van der Waals surface area contributed by atoms with Crippen LogP contribution in [0, 0.1) is 6.92 Å². The Bertz CT molecular complexity index is 303. The predicted octanol–water partition coefficient (Wildman–Crippen LogP) is 1.78. The van der Waals surface area contributed by atoms with Crippen LogP contribution in [-0.4, -0.2) is 24.8 Å². The Kier molecular flexibility index (Phi) is 3.97. The number of nitrogens with zero attached hydrogens (tertiary/aromatic N) is 1. The molecule has 84 valence electrons. The highest BCUT2D eigenvalue weighted by Gasteiger charge is 2.08. The van der Waals surface area contributed by atoms with E-state index in [0.717, 1.165) is 24.3 Å². The fraction of sp³-hybridized carbons (Fsp3) is 0.500. The number of benzene rings is 1. The summed E-state index contributed by atoms with van der Waals surface area (Å²) in [4.78, 5) is 2.09. The number of hydrogen-bond donors (Lipinski definition) is 2. The molecule has 0 aliphatic carbocycles. The molecule has 0 aliphatic heterocycles. The van der Waals surface area contributed by atoms with Crippen molar-refractivity contribution in [1.82, 2.24) is 0 Å². The molecule has 1 atom stereocenters. The second kappa shape index (κ2) is 5.03. The fourth-order valence-electron chi connectivity index (χ4n) is 1.70. The Hall–Kier alpha value is -1.22. The first-order valence-electron chi connectivity index (χ1n) is 5.26. The summed E-state index contributed by atoms with van der Waals surface area (Å²) in [5.74, 6) is 0. The molecule has 0 saturated carbocycles. The molecule has 0 fully saturated rings. The first-order valence-corrected chi connectivity index (χ1v) is 5.26. The molecule has 0 saturated heterocycles. The summed E-state index contributed by atoms with van der Waals surface area (Å²) in [6.07, 6.45) is 0.488. The summed E-state index contributed by atoms with van der Waals surface area (Å²) in [5, 5.41) is 9.23. The highest BCUT2D eigenvalue weighted by Crippen LogP contribution is 2.26. The van der Waals surface area contributed by atoms with Crippen LogP contribution >= 0.6 is 0 Å². The molecule has 1 aromatic rings. The normalized spacial score (nSPS) is 12.5. The standard InChI is InChI=1S/C12H20N2O/c1-9-5-4-6-11(13)12(9)14(3)8-7-10(2)15/h4-6,10,15H,7-8,13H2,1-3H3. The number of rotatable bonds is 4. The maximum atomic E-state index is 9.23. The summed E-state index contributed by atoms with van der Waals surface area (Å²) in [6.45, 7) is 4.66. The number of nitrogen functional groups attached to an aromatic ring is 1. The molecule has 3 N–H and O–H groups in total. The van der Waals surface area contributed by atoms with Crippen molar-refractivity contribution in [3.63, 3.8) is 0 Å². The van der Waals surface area contributed by atoms with Gasteiger partial charge in [0.25, 0.3) is 0 Å². The summed E-state index contributed by atoms with van der Waals surface area (Å²) in [5.41, 5.74) is 8.96. The van der Waals surface area contributed by atoms with Gasteiger partial charge in [-0.25, -0.2) is 0 Å². The Morgan fingerprint density at radius 3 is 2.67 bits per heavy atom. The van der Waals surface area contributed by atoms with E-state index in [4.69, 9.17) is 5.73 Å². The minimum Gasteiger partial charge on any atom is -0.397 e. The average Bonchev–Trinajstić information content (AvgIpc) is 2.14. The van der Waals surface area contributed by atoms with E-state index in [1.54, 1.807) is 6.92 Å². The lowest BCUT2D eigenvalue weighted by Crippen LogP contribution is -2.23. The molecule has 0 bridgehead atoms. The summed E-state index contributed by atoms with van der Waals surface area (Å²) < 4.78 is 0. The summed E-state index contributed by atoms with van der Waals surface area (Å²) >= 11 is 0. The fourth-order valence-corrected chi connectivity index (χ4v) is 1.70. The van der Waals surface area contributed by atoms with Gasteiger partial charge in [0.15, 0.2) is 0 Å². The quantitative estimate of drug-likeness (QED) is 0.742. The maximum Gasteiger partial charge on any atom is 0.0627 e. The van der Waals surface area contributed by atoms with E-state index in [1.807, 2.05) is 32.2 Å². The zero-order valence-electron chi connectivity index (χ0n) is 9.70. The van der Waals surface area contributed by atoms with Crippen molar-refractivity contribution < 1.29 is 5.11 Å². The van der Waals surface area contributed by atoms with E-state index in [9.17, 15) is 5.11 Å². The van der Waals surface area contributed by atoms with Crippen molar-refractivity contribution in [3.05, 3.63) is 23.8 Å². The highest BCUT2D eigenvalue weighted by molar-refractivity contribution is 5.70. The molecule has 0 radical (unpaired) electrons. The van der Waals surface area contributed by atoms with Crippen LogP contribution in [0.1, 0.15) is 18.9 Å². The smallest absolute Gasteiger partial charge is 0.0627 e. The predicted molar refractivity (Wildman–Crippen MR) is 65.2 cm³/mol. The molecule has 0 heterocycles. The van der Waals surface area contributed by atoms with Crippen molar-refractivity contribution in [2.45, 2.75) is 26.4 Å². The minimum absolute atomic E-state index is 0.266. The molecule has 1 rings (SSSR count). The van der Waals surface area contributed by atoms with Crippen LogP contribution in [0.15, 0.2) is 18.2 Å². The second-order valence-corrected chi connectivity index (χ2v) is 4.07. The Morgan fingerprint density at radius 2 is 2.13 bits per heavy atom. The number of aliphatic hydroxyl groups excluding tert-OH is 1. The van der Waals surface area contributed by atoms with Gasteiger partial charge in [0.2, 0.25) is 0 Å². The van der Waals surface area contributed by atoms with E-state index >= 15 is 0 Å². The number of aliphatic hydroxyl groups is 1. The van der Waals surface area contributed by atoms with Gasteiger partial charge >= 0.3 is 0 Å². The van der Waals surface area contributed by atoms with Gasteiger partial charge in [-0.05, 0) is 31.9 Å². The number of para-hydroxylation sites is 1. The SMILES string of the molecule is Cc1cccc(N)c1N(C)CCC(C)O. The molecule has 1 aromatic carbocycles. The molecule has 0 aliphatic rings. The van der Waals surface area contributed by atoms with Gasteiger partial charge in [-0.15, -0.1) is 0 Å². The van der Waals surface area contributed by atoms with Gasteiger partial charge in [-0.3, -0.25) is 0 Å². The summed E-state index contributed by atoms with van der Waals surface area (Å²) in [6, 6.07) is 5.91. The van der Waals surface area contributed by atoms with Crippen LogP contribution in [0.25, 0.3) is 0 Å². The largest absolute Gasteiger partial charge is 0.397 e. The monoisotopic (exact) mass is 208 g/mol.